The summed E-state index contributed by atoms with van der Waals surface area (Å²) in [5, 5.41) is 1.72. The van der Waals surface area contributed by atoms with Gasteiger partial charge in [0.05, 0.1) is 0 Å². The maximum absolute atomic E-state index is 12.5. The zero-order valence-electron chi connectivity index (χ0n) is 15.8. The summed E-state index contributed by atoms with van der Waals surface area (Å²) < 4.78 is 5.66. The summed E-state index contributed by atoms with van der Waals surface area (Å²) in [5.74, 6) is 0.481. The number of hydrogen-bond donors (Lipinski definition) is 0. The molecular formula is C20H26N2O3S. The molecule has 0 N–H and O–H groups in total. The van der Waals surface area contributed by atoms with Crippen molar-refractivity contribution in [2.75, 3.05) is 26.2 Å². The number of carbonyl (C=O) groups excluding carboxylic acids is 2. The van der Waals surface area contributed by atoms with Gasteiger partial charge in [-0.3, -0.25) is 4.79 Å². The number of fused-ring (bicyclic) bond motifs is 1. The lowest BCUT2D eigenvalue weighted by atomic mass is 10.1. The van der Waals surface area contributed by atoms with Gasteiger partial charge in [-0.05, 0) is 57.0 Å². The van der Waals surface area contributed by atoms with Crippen molar-refractivity contribution in [1.82, 2.24) is 9.80 Å². The van der Waals surface area contributed by atoms with Crippen LogP contribution in [0.4, 0.5) is 9.59 Å². The topological polar surface area (TPSA) is 49.9 Å². The van der Waals surface area contributed by atoms with Crippen LogP contribution in [0.3, 0.4) is 0 Å². The van der Waals surface area contributed by atoms with E-state index in [1.165, 1.54) is 11.8 Å². The molecule has 5 nitrogen and oxygen atoms in total. The third-order valence-electron chi connectivity index (χ3n) is 4.27. The van der Waals surface area contributed by atoms with E-state index in [2.05, 4.69) is 0 Å². The molecule has 0 spiro atoms. The summed E-state index contributed by atoms with van der Waals surface area (Å²) in [6, 6.07) is 11.3. The number of thioether (sulfide) groups is 1. The molecular weight excluding hydrogens is 348 g/mol. The second kappa shape index (κ2) is 9.48. The Hall–Kier alpha value is -2.21. The summed E-state index contributed by atoms with van der Waals surface area (Å²) >= 11 is 1.17. The highest BCUT2D eigenvalue weighted by atomic mass is 32.2. The molecule has 0 aliphatic carbocycles. The number of carbonyl (C=O) groups is 2. The first kappa shape index (κ1) is 20.1. The minimum Gasteiger partial charge on any atom is -0.409 e. The second-order valence-corrected chi connectivity index (χ2v) is 6.68. The largest absolute Gasteiger partial charge is 0.415 e. The zero-order chi connectivity index (χ0) is 19.1. The van der Waals surface area contributed by atoms with Gasteiger partial charge in [-0.2, -0.15) is 0 Å². The lowest BCUT2D eigenvalue weighted by molar-refractivity contribution is 0.158. The minimum atomic E-state index is -0.377. The Balaban J connectivity index is 2.40. The second-order valence-electron chi connectivity index (χ2n) is 5.69. The molecule has 0 saturated heterocycles. The first-order valence-corrected chi connectivity index (χ1v) is 9.82. The van der Waals surface area contributed by atoms with Crippen molar-refractivity contribution in [3.05, 3.63) is 36.4 Å². The van der Waals surface area contributed by atoms with Crippen molar-refractivity contribution in [2.45, 2.75) is 32.6 Å². The van der Waals surface area contributed by atoms with Crippen LogP contribution in [0.25, 0.3) is 10.8 Å². The van der Waals surface area contributed by atoms with Gasteiger partial charge in [0.2, 0.25) is 0 Å². The van der Waals surface area contributed by atoms with E-state index in [-0.39, 0.29) is 11.3 Å². The average molecular weight is 375 g/mol. The Morgan fingerprint density at radius 2 is 1.46 bits per heavy atom. The molecule has 0 aliphatic rings. The van der Waals surface area contributed by atoms with E-state index >= 15 is 0 Å². The summed E-state index contributed by atoms with van der Waals surface area (Å²) in [4.78, 5) is 29.1. The van der Waals surface area contributed by atoms with Gasteiger partial charge in [0.25, 0.3) is 5.24 Å². The van der Waals surface area contributed by atoms with Crippen LogP contribution < -0.4 is 4.74 Å². The Kier molecular flexibility index (Phi) is 7.33. The fourth-order valence-electron chi connectivity index (χ4n) is 2.72. The van der Waals surface area contributed by atoms with E-state index in [0.717, 1.165) is 15.7 Å². The third-order valence-corrected chi connectivity index (χ3v) is 5.26. The summed E-state index contributed by atoms with van der Waals surface area (Å²) in [6.07, 6.45) is -0.377. The maximum atomic E-state index is 12.5. The lowest BCUT2D eigenvalue weighted by Crippen LogP contribution is -2.33. The summed E-state index contributed by atoms with van der Waals surface area (Å²) in [5.41, 5.74) is 0. The molecule has 140 valence electrons. The van der Waals surface area contributed by atoms with E-state index < -0.39 is 0 Å². The number of ether oxygens (including phenoxy) is 1. The molecule has 0 aliphatic heterocycles. The summed E-state index contributed by atoms with van der Waals surface area (Å²) in [7, 11) is 0. The van der Waals surface area contributed by atoms with E-state index in [4.69, 9.17) is 4.74 Å². The molecule has 0 bridgehead atoms. The zero-order valence-corrected chi connectivity index (χ0v) is 16.6. The van der Waals surface area contributed by atoms with Crippen LogP contribution in [0.1, 0.15) is 27.7 Å². The van der Waals surface area contributed by atoms with Crippen molar-refractivity contribution < 1.29 is 14.3 Å². The smallest absolute Gasteiger partial charge is 0.409 e. The third kappa shape index (κ3) is 4.49. The standard InChI is InChI=1S/C20H26N2O3S/c1-5-21(6-2)19(23)25-16-13-9-11-15-12-10-14-17(18(15)16)26-20(24)22(7-3)8-4/h9-14H,5-8H2,1-4H3. The van der Waals surface area contributed by atoms with Crippen LogP contribution in [-0.4, -0.2) is 47.3 Å². The molecule has 2 aromatic carbocycles. The molecule has 0 unspecified atom stereocenters. The highest BCUT2D eigenvalue weighted by Crippen LogP contribution is 2.36. The number of benzene rings is 2. The van der Waals surface area contributed by atoms with E-state index in [1.54, 1.807) is 15.9 Å². The first-order valence-electron chi connectivity index (χ1n) is 9.00. The number of amides is 2. The van der Waals surface area contributed by atoms with Crippen LogP contribution in [0.15, 0.2) is 41.3 Å². The Morgan fingerprint density at radius 1 is 0.885 bits per heavy atom. The molecule has 0 atom stereocenters. The SMILES string of the molecule is CCN(CC)C(=O)Oc1cccc2cccc(SC(=O)N(CC)CC)c12. The number of hydrogen-bond acceptors (Lipinski definition) is 4. The van der Waals surface area contributed by atoms with Gasteiger partial charge < -0.3 is 14.5 Å². The molecule has 0 radical (unpaired) electrons. The highest BCUT2D eigenvalue weighted by molar-refractivity contribution is 8.13. The van der Waals surface area contributed by atoms with Crippen LogP contribution >= 0.6 is 11.8 Å². The van der Waals surface area contributed by atoms with Crippen LogP contribution in [0.5, 0.6) is 5.75 Å². The van der Waals surface area contributed by atoms with Crippen molar-refractivity contribution in [2.24, 2.45) is 0 Å². The molecule has 26 heavy (non-hydrogen) atoms. The van der Waals surface area contributed by atoms with Gasteiger partial charge in [-0.1, -0.05) is 24.3 Å². The maximum Gasteiger partial charge on any atom is 0.415 e. The molecule has 0 saturated carbocycles. The molecule has 6 heteroatoms. The van der Waals surface area contributed by atoms with Crippen molar-refractivity contribution in [3.63, 3.8) is 0 Å². The van der Waals surface area contributed by atoms with E-state index in [9.17, 15) is 9.59 Å². The predicted octanol–water partition coefficient (Wildman–Crippen LogP) is 5.23. The molecule has 2 rings (SSSR count). The van der Waals surface area contributed by atoms with Crippen molar-refractivity contribution >= 4 is 33.9 Å². The van der Waals surface area contributed by atoms with Gasteiger partial charge in [0.15, 0.2) is 0 Å². The van der Waals surface area contributed by atoms with Gasteiger partial charge in [0, 0.05) is 36.5 Å². The van der Waals surface area contributed by atoms with Crippen LogP contribution in [0, 0.1) is 0 Å². The lowest BCUT2D eigenvalue weighted by Gasteiger charge is -2.20. The Morgan fingerprint density at radius 3 is 2.04 bits per heavy atom. The van der Waals surface area contributed by atoms with E-state index in [0.29, 0.717) is 31.9 Å². The average Bonchev–Trinajstić information content (AvgIpc) is 2.64. The van der Waals surface area contributed by atoms with Crippen LogP contribution in [0.2, 0.25) is 0 Å². The predicted molar refractivity (Wildman–Crippen MR) is 107 cm³/mol. The minimum absolute atomic E-state index is 0.00706. The van der Waals surface area contributed by atoms with Gasteiger partial charge >= 0.3 is 6.09 Å². The summed E-state index contributed by atoms with van der Waals surface area (Å²) in [6.45, 7) is 10.2. The molecule has 0 fully saturated rings. The fraction of sp³-hybridized carbons (Fsp3) is 0.400. The van der Waals surface area contributed by atoms with Crippen molar-refractivity contribution in [1.29, 1.82) is 0 Å². The van der Waals surface area contributed by atoms with Gasteiger partial charge in [-0.25, -0.2) is 4.79 Å². The molecule has 0 aromatic heterocycles. The monoisotopic (exact) mass is 374 g/mol. The molecule has 2 amide bonds. The molecule has 2 aromatic rings. The normalized spacial score (nSPS) is 10.6. The Bertz CT molecular complexity index is 710. The van der Waals surface area contributed by atoms with Gasteiger partial charge in [0.1, 0.15) is 5.75 Å². The quantitative estimate of drug-likeness (QED) is 0.649. The number of rotatable bonds is 6. The van der Waals surface area contributed by atoms with Crippen molar-refractivity contribution in [3.8, 4) is 5.75 Å². The van der Waals surface area contributed by atoms with Gasteiger partial charge in [-0.15, -0.1) is 0 Å². The fourth-order valence-corrected chi connectivity index (χ4v) is 3.77. The highest BCUT2D eigenvalue weighted by Gasteiger charge is 2.18. The van der Waals surface area contributed by atoms with Crippen LogP contribution in [-0.2, 0) is 0 Å². The van der Waals surface area contributed by atoms with E-state index in [1.807, 2.05) is 58.0 Å². The molecule has 0 heterocycles. The first-order chi connectivity index (χ1) is 12.5. The number of nitrogens with zero attached hydrogens (tertiary/aromatic N) is 2. The Labute approximate surface area is 159 Å².